The summed E-state index contributed by atoms with van der Waals surface area (Å²) in [6, 6.07) is 9.12. The van der Waals surface area contributed by atoms with Gasteiger partial charge < -0.3 is 31.9 Å². The maximum atomic E-state index is 14.3. The Morgan fingerprint density at radius 3 is 2.56 bits per heavy atom. The molecule has 50 heavy (non-hydrogen) atoms. The van der Waals surface area contributed by atoms with E-state index in [-0.39, 0.29) is 44.2 Å². The van der Waals surface area contributed by atoms with Crippen LogP contribution in [0.3, 0.4) is 0 Å². The van der Waals surface area contributed by atoms with Crippen LogP contribution in [0.15, 0.2) is 48.7 Å². The number of nitrogens with two attached hydrogens (primary N) is 1. The molecule has 266 valence electrons. The van der Waals surface area contributed by atoms with Crippen LogP contribution in [-0.4, -0.2) is 92.6 Å². The van der Waals surface area contributed by atoms with Gasteiger partial charge in [-0.05, 0) is 54.4 Å². The van der Waals surface area contributed by atoms with E-state index in [0.29, 0.717) is 37.9 Å². The zero-order valence-corrected chi connectivity index (χ0v) is 28.4. The second kappa shape index (κ2) is 16.4. The normalized spacial score (nSPS) is 21.7. The number of fused-ring (bicyclic) bond motifs is 3. The molecule has 0 radical (unpaired) electrons. The number of carbonyl (C=O) groups is 6. The van der Waals surface area contributed by atoms with Crippen molar-refractivity contribution in [1.82, 2.24) is 41.2 Å². The second-order valence-corrected chi connectivity index (χ2v) is 13.3. The van der Waals surface area contributed by atoms with Gasteiger partial charge in [0, 0.05) is 19.4 Å². The van der Waals surface area contributed by atoms with Gasteiger partial charge in [0.25, 0.3) is 0 Å². The van der Waals surface area contributed by atoms with Gasteiger partial charge in [-0.25, -0.2) is 4.68 Å². The smallest absolute Gasteiger partial charge is 0.245 e. The molecule has 0 aliphatic carbocycles. The fraction of sp³-hybridized carbons (Fsp3) is 0.486. The van der Waals surface area contributed by atoms with Crippen LogP contribution < -0.4 is 27.0 Å². The average molecular weight is 688 g/mol. The van der Waals surface area contributed by atoms with Crippen molar-refractivity contribution < 1.29 is 28.8 Å². The van der Waals surface area contributed by atoms with E-state index in [4.69, 9.17) is 5.73 Å². The van der Waals surface area contributed by atoms with Gasteiger partial charge >= 0.3 is 0 Å². The molecule has 0 bridgehead atoms. The van der Waals surface area contributed by atoms with Gasteiger partial charge in [-0.15, -0.1) is 5.10 Å². The number of hydrogen-bond donors (Lipinski definition) is 5. The lowest BCUT2D eigenvalue weighted by Crippen LogP contribution is -2.59. The number of aryl methyl sites for hydroxylation is 1. The summed E-state index contributed by atoms with van der Waals surface area (Å²) < 4.78 is 1.46. The van der Waals surface area contributed by atoms with Gasteiger partial charge in [-0.3, -0.25) is 28.8 Å². The molecular weight excluding hydrogens is 642 g/mol. The van der Waals surface area contributed by atoms with Crippen LogP contribution >= 0.6 is 0 Å². The lowest BCUT2D eigenvalue weighted by atomic mass is 9.97. The Bertz CT molecular complexity index is 1730. The lowest BCUT2D eigenvalue weighted by Gasteiger charge is -2.28. The SMILES string of the molecule is CC(C)C[C@H](NC(=O)[C@H]1Cn2nncc2CCCC(=O)NCC(=O)N2CCC[C@H]2C(=O)N[C@@H](Cc2cccc3ccccc23)C(=O)N1)C(N)=O. The number of rotatable bonds is 7. The third-order valence-electron chi connectivity index (χ3n) is 9.14. The summed E-state index contributed by atoms with van der Waals surface area (Å²) in [7, 11) is 0. The fourth-order valence-electron chi connectivity index (χ4n) is 6.56. The third kappa shape index (κ3) is 9.01. The van der Waals surface area contributed by atoms with E-state index in [1.807, 2.05) is 56.3 Å². The highest BCUT2D eigenvalue weighted by molar-refractivity contribution is 5.96. The molecule has 6 N–H and O–H groups in total. The molecule has 3 heterocycles. The van der Waals surface area contributed by atoms with Gasteiger partial charge in [0.2, 0.25) is 35.4 Å². The van der Waals surface area contributed by atoms with Crippen molar-refractivity contribution >= 4 is 46.2 Å². The molecule has 6 amide bonds. The minimum absolute atomic E-state index is 0.0362. The molecule has 3 aromatic rings. The number of amides is 6. The molecule has 1 aromatic heterocycles. The molecule has 15 nitrogen and oxygen atoms in total. The third-order valence-corrected chi connectivity index (χ3v) is 9.14. The monoisotopic (exact) mass is 687 g/mol. The van der Waals surface area contributed by atoms with Crippen molar-refractivity contribution in [1.29, 1.82) is 0 Å². The van der Waals surface area contributed by atoms with Crippen LogP contribution in [-0.2, 0) is 48.2 Å². The second-order valence-electron chi connectivity index (χ2n) is 13.3. The van der Waals surface area contributed by atoms with Crippen molar-refractivity contribution in [2.24, 2.45) is 11.7 Å². The molecular formula is C35H45N9O6. The first kappa shape index (κ1) is 36.0. The molecule has 4 atom stereocenters. The van der Waals surface area contributed by atoms with E-state index in [2.05, 4.69) is 31.6 Å². The van der Waals surface area contributed by atoms with Gasteiger partial charge in [0.1, 0.15) is 24.2 Å². The summed E-state index contributed by atoms with van der Waals surface area (Å²) in [6.07, 6.45) is 3.74. The number of hydrogen-bond acceptors (Lipinski definition) is 8. The van der Waals surface area contributed by atoms with Gasteiger partial charge in [-0.2, -0.15) is 0 Å². The van der Waals surface area contributed by atoms with Crippen LogP contribution in [0.5, 0.6) is 0 Å². The first-order chi connectivity index (χ1) is 24.0. The summed E-state index contributed by atoms with van der Waals surface area (Å²) in [5, 5.41) is 21.0. The summed E-state index contributed by atoms with van der Waals surface area (Å²) in [5.74, 6) is -3.21. The van der Waals surface area contributed by atoms with E-state index in [9.17, 15) is 28.8 Å². The maximum absolute atomic E-state index is 14.3. The molecule has 5 rings (SSSR count). The van der Waals surface area contributed by atoms with Crippen molar-refractivity contribution in [3.8, 4) is 0 Å². The summed E-state index contributed by atoms with van der Waals surface area (Å²) in [6.45, 7) is 3.72. The summed E-state index contributed by atoms with van der Waals surface area (Å²) in [4.78, 5) is 81.5. The molecule has 1 saturated heterocycles. The Labute approximate surface area is 290 Å². The van der Waals surface area contributed by atoms with Crippen LogP contribution in [0.25, 0.3) is 10.8 Å². The van der Waals surface area contributed by atoms with Crippen molar-refractivity contribution in [2.75, 3.05) is 13.1 Å². The molecule has 2 aliphatic rings. The Morgan fingerprint density at radius 2 is 1.78 bits per heavy atom. The number of nitrogens with zero attached hydrogens (tertiary/aromatic N) is 4. The highest BCUT2D eigenvalue weighted by Gasteiger charge is 2.37. The Balaban J connectivity index is 1.51. The fourth-order valence-corrected chi connectivity index (χ4v) is 6.56. The number of nitrogens with one attached hydrogen (secondary N) is 4. The molecule has 0 saturated carbocycles. The van der Waals surface area contributed by atoms with E-state index in [1.54, 1.807) is 0 Å². The molecule has 15 heteroatoms. The highest BCUT2D eigenvalue weighted by atomic mass is 16.2. The lowest BCUT2D eigenvalue weighted by molar-refractivity contribution is -0.140. The van der Waals surface area contributed by atoms with E-state index in [0.717, 1.165) is 16.3 Å². The largest absolute Gasteiger partial charge is 0.368 e. The number of primary amides is 1. The number of aromatic nitrogens is 3. The minimum Gasteiger partial charge on any atom is -0.368 e. The zero-order chi connectivity index (χ0) is 35.8. The van der Waals surface area contributed by atoms with Crippen molar-refractivity contribution in [3.63, 3.8) is 0 Å². The average Bonchev–Trinajstić information content (AvgIpc) is 3.76. The van der Waals surface area contributed by atoms with Gasteiger partial charge in [0.15, 0.2) is 0 Å². The standard InChI is InChI=1S/C35H45N9O6/c1-21(2)16-26(32(36)47)39-34(49)28-20-44-24(18-38-42-44)11-6-14-30(45)37-19-31(46)43-15-7-13-29(43)35(50)40-27(33(48)41-28)17-23-10-5-9-22-8-3-4-12-25(22)23/h3-5,8-10,12,18,21,26-29H,6-7,11,13-17,19-20H2,1-2H3,(H2,36,47)(H,37,45)(H,39,49)(H,40,50)(H,41,48)/t26-,27-,28+,29-/m0/s1. The predicted octanol–water partition coefficient (Wildman–Crippen LogP) is 0.103. The number of benzene rings is 2. The van der Waals surface area contributed by atoms with E-state index < -0.39 is 53.7 Å². The van der Waals surface area contributed by atoms with Gasteiger partial charge in [-0.1, -0.05) is 61.5 Å². The van der Waals surface area contributed by atoms with E-state index in [1.165, 1.54) is 15.8 Å². The quantitative estimate of drug-likeness (QED) is 0.230. The first-order valence-electron chi connectivity index (χ1n) is 17.1. The maximum Gasteiger partial charge on any atom is 0.245 e. The Kier molecular flexibility index (Phi) is 11.8. The molecule has 0 unspecified atom stereocenters. The molecule has 0 spiro atoms. The van der Waals surface area contributed by atoms with Crippen LogP contribution in [0.1, 0.15) is 57.2 Å². The zero-order valence-electron chi connectivity index (χ0n) is 28.4. The first-order valence-corrected chi connectivity index (χ1v) is 17.1. The summed E-state index contributed by atoms with van der Waals surface area (Å²) >= 11 is 0. The van der Waals surface area contributed by atoms with Crippen molar-refractivity contribution in [2.45, 2.75) is 89.5 Å². The van der Waals surface area contributed by atoms with Gasteiger partial charge in [0.05, 0.1) is 25.0 Å². The number of carbonyl (C=O) groups excluding carboxylic acids is 6. The van der Waals surface area contributed by atoms with Crippen LogP contribution in [0, 0.1) is 5.92 Å². The summed E-state index contributed by atoms with van der Waals surface area (Å²) in [5.41, 5.74) is 7.03. The van der Waals surface area contributed by atoms with Crippen LogP contribution in [0.2, 0.25) is 0 Å². The van der Waals surface area contributed by atoms with Crippen molar-refractivity contribution in [3.05, 3.63) is 59.9 Å². The molecule has 2 aliphatic heterocycles. The predicted molar refractivity (Wildman–Crippen MR) is 183 cm³/mol. The topological polar surface area (TPSA) is 211 Å². The minimum atomic E-state index is -1.25. The Hall–Kier alpha value is -5.34. The molecule has 1 fully saturated rings. The highest BCUT2D eigenvalue weighted by Crippen LogP contribution is 2.22. The Morgan fingerprint density at radius 1 is 1.00 bits per heavy atom. The molecule has 2 aromatic carbocycles. The van der Waals surface area contributed by atoms with E-state index >= 15 is 0 Å². The van der Waals surface area contributed by atoms with Crippen LogP contribution in [0.4, 0.5) is 0 Å².